The number of aromatic nitrogens is 2. The number of nitrogens with zero attached hydrogens (tertiary/aromatic N) is 1. The molecule has 0 radical (unpaired) electrons. The average molecular weight is 388 g/mol. The molecule has 5 nitrogen and oxygen atoms in total. The van der Waals surface area contributed by atoms with Crippen LogP contribution in [-0.2, 0) is 6.42 Å². The molecule has 0 aliphatic rings. The Labute approximate surface area is 160 Å². The van der Waals surface area contributed by atoms with Crippen molar-refractivity contribution in [1.29, 1.82) is 0 Å². The molecule has 3 rings (SSSR count). The van der Waals surface area contributed by atoms with Gasteiger partial charge in [0.1, 0.15) is 10.6 Å². The highest BCUT2D eigenvalue weighted by molar-refractivity contribution is 7.11. The monoisotopic (exact) mass is 387 g/mol. The quantitative estimate of drug-likeness (QED) is 0.698. The highest BCUT2D eigenvalue weighted by Crippen LogP contribution is 2.26. The molecule has 3 heterocycles. The van der Waals surface area contributed by atoms with Crippen molar-refractivity contribution in [1.82, 2.24) is 15.3 Å². The summed E-state index contributed by atoms with van der Waals surface area (Å²) in [7, 11) is 0. The number of aromatic amines is 1. The number of thiophene rings is 1. The van der Waals surface area contributed by atoms with Crippen molar-refractivity contribution >= 4 is 28.6 Å². The molecular formula is C19H21N3O2S2. The summed E-state index contributed by atoms with van der Waals surface area (Å²) in [6.07, 6.45) is 0.643. The van der Waals surface area contributed by atoms with Crippen LogP contribution in [0, 0.1) is 27.7 Å². The predicted octanol–water partition coefficient (Wildman–Crippen LogP) is 3.84. The first-order chi connectivity index (χ1) is 12.3. The van der Waals surface area contributed by atoms with Crippen molar-refractivity contribution in [2.24, 2.45) is 0 Å². The number of H-pyrrole nitrogens is 1. The van der Waals surface area contributed by atoms with Gasteiger partial charge in [0.25, 0.3) is 11.5 Å². The van der Waals surface area contributed by atoms with Gasteiger partial charge >= 0.3 is 0 Å². The van der Waals surface area contributed by atoms with Crippen LogP contribution in [0.3, 0.4) is 0 Å². The summed E-state index contributed by atoms with van der Waals surface area (Å²) in [6, 6.07) is 3.58. The maximum atomic E-state index is 12.8. The van der Waals surface area contributed by atoms with Gasteiger partial charge < -0.3 is 10.3 Å². The zero-order valence-electron chi connectivity index (χ0n) is 15.2. The van der Waals surface area contributed by atoms with Crippen LogP contribution in [0.2, 0.25) is 0 Å². The van der Waals surface area contributed by atoms with E-state index in [0.717, 1.165) is 26.8 Å². The van der Waals surface area contributed by atoms with Gasteiger partial charge in [-0.2, -0.15) is 11.3 Å². The van der Waals surface area contributed by atoms with Gasteiger partial charge in [-0.3, -0.25) is 9.59 Å². The number of carbonyl (C=O) groups is 1. The fourth-order valence-corrected chi connectivity index (χ4v) is 4.51. The zero-order valence-corrected chi connectivity index (χ0v) is 16.8. The standard InChI is InChI=1S/C19H21N3O2S2/c1-10-7-11(2)20-17(23)16(10)18(24)22-15(8-14-5-6-25-9-14)19-21-12(3)13(4)26-19/h5-7,9,15H,8H2,1-4H3,(H,20,23)(H,22,24). The molecule has 3 aromatic rings. The number of hydrogen-bond donors (Lipinski definition) is 2. The maximum absolute atomic E-state index is 12.8. The van der Waals surface area contributed by atoms with E-state index in [1.807, 2.05) is 31.4 Å². The molecule has 0 fully saturated rings. The second-order valence-electron chi connectivity index (χ2n) is 6.39. The van der Waals surface area contributed by atoms with Crippen LogP contribution in [0.5, 0.6) is 0 Å². The minimum absolute atomic E-state index is 0.163. The summed E-state index contributed by atoms with van der Waals surface area (Å²) in [5.74, 6) is -0.366. The Balaban J connectivity index is 1.92. The van der Waals surface area contributed by atoms with Crippen LogP contribution in [0.15, 0.2) is 27.7 Å². The normalized spacial score (nSPS) is 12.2. The topological polar surface area (TPSA) is 74.8 Å². The van der Waals surface area contributed by atoms with Crippen molar-refractivity contribution < 1.29 is 4.79 Å². The van der Waals surface area contributed by atoms with E-state index in [0.29, 0.717) is 12.0 Å². The molecule has 0 saturated carbocycles. The number of pyridine rings is 1. The molecule has 0 aliphatic heterocycles. The number of hydrogen-bond acceptors (Lipinski definition) is 5. The summed E-state index contributed by atoms with van der Waals surface area (Å²) < 4.78 is 0. The predicted molar refractivity (Wildman–Crippen MR) is 106 cm³/mol. The van der Waals surface area contributed by atoms with E-state index < -0.39 is 0 Å². The Morgan fingerprint density at radius 1 is 1.31 bits per heavy atom. The lowest BCUT2D eigenvalue weighted by molar-refractivity contribution is 0.0934. The molecule has 7 heteroatoms. The van der Waals surface area contributed by atoms with Gasteiger partial charge in [0, 0.05) is 17.0 Å². The Morgan fingerprint density at radius 2 is 2.08 bits per heavy atom. The number of nitrogens with one attached hydrogen (secondary N) is 2. The Morgan fingerprint density at radius 3 is 2.65 bits per heavy atom. The third-order valence-electron chi connectivity index (χ3n) is 4.26. The molecule has 0 aliphatic carbocycles. The van der Waals surface area contributed by atoms with Gasteiger partial charge in [-0.05, 0) is 61.7 Å². The molecule has 0 spiro atoms. The third-order valence-corrected chi connectivity index (χ3v) is 6.18. The minimum Gasteiger partial charge on any atom is -0.342 e. The number of thiazole rings is 1. The van der Waals surface area contributed by atoms with Gasteiger partial charge in [0.05, 0.1) is 11.7 Å². The van der Waals surface area contributed by atoms with Gasteiger partial charge in [0.15, 0.2) is 0 Å². The van der Waals surface area contributed by atoms with Crippen LogP contribution >= 0.6 is 22.7 Å². The van der Waals surface area contributed by atoms with Crippen LogP contribution in [-0.4, -0.2) is 15.9 Å². The molecule has 1 amide bonds. The summed E-state index contributed by atoms with van der Waals surface area (Å²) in [6.45, 7) is 7.57. The second kappa shape index (κ2) is 7.55. The van der Waals surface area contributed by atoms with Gasteiger partial charge in [0.2, 0.25) is 0 Å². The molecule has 0 aromatic carbocycles. The van der Waals surface area contributed by atoms with Crippen LogP contribution in [0.4, 0.5) is 0 Å². The second-order valence-corrected chi connectivity index (χ2v) is 8.41. The Bertz CT molecular complexity index is 967. The molecule has 0 bridgehead atoms. The van der Waals surface area contributed by atoms with E-state index in [9.17, 15) is 9.59 Å². The largest absolute Gasteiger partial charge is 0.342 e. The first-order valence-electron chi connectivity index (χ1n) is 8.31. The van der Waals surface area contributed by atoms with E-state index in [1.165, 1.54) is 0 Å². The molecule has 136 valence electrons. The number of carbonyl (C=O) groups excluding carboxylic acids is 1. The van der Waals surface area contributed by atoms with Crippen molar-refractivity contribution in [3.05, 3.63) is 71.2 Å². The fourth-order valence-electron chi connectivity index (χ4n) is 2.86. The number of aryl methyl sites for hydroxylation is 4. The Kier molecular flexibility index (Phi) is 5.38. The molecule has 2 N–H and O–H groups in total. The SMILES string of the molecule is Cc1cc(C)c(C(=O)NC(Cc2ccsc2)c2nc(C)c(C)s2)c(=O)[nH]1. The van der Waals surface area contributed by atoms with E-state index in [1.54, 1.807) is 36.5 Å². The number of rotatable bonds is 5. The van der Waals surface area contributed by atoms with E-state index in [-0.39, 0.29) is 23.1 Å². The fraction of sp³-hybridized carbons (Fsp3) is 0.316. The van der Waals surface area contributed by atoms with Crippen LogP contribution in [0.1, 0.15) is 48.8 Å². The van der Waals surface area contributed by atoms with Gasteiger partial charge in [-0.15, -0.1) is 11.3 Å². The van der Waals surface area contributed by atoms with E-state index >= 15 is 0 Å². The van der Waals surface area contributed by atoms with Crippen LogP contribution in [0.25, 0.3) is 0 Å². The summed E-state index contributed by atoms with van der Waals surface area (Å²) >= 11 is 3.21. The summed E-state index contributed by atoms with van der Waals surface area (Å²) in [4.78, 5) is 33.6. The summed E-state index contributed by atoms with van der Waals surface area (Å²) in [5.41, 5.74) is 3.32. The number of amides is 1. The molecule has 26 heavy (non-hydrogen) atoms. The molecule has 3 aromatic heterocycles. The minimum atomic E-state index is -0.366. The molecule has 0 saturated heterocycles. The van der Waals surface area contributed by atoms with E-state index in [4.69, 9.17) is 0 Å². The first kappa shape index (κ1) is 18.5. The molecular weight excluding hydrogens is 366 g/mol. The van der Waals surface area contributed by atoms with Gasteiger partial charge in [-0.25, -0.2) is 4.98 Å². The smallest absolute Gasteiger partial charge is 0.261 e. The summed E-state index contributed by atoms with van der Waals surface area (Å²) in [5, 5.41) is 7.97. The molecule has 1 unspecified atom stereocenters. The first-order valence-corrected chi connectivity index (χ1v) is 10.1. The van der Waals surface area contributed by atoms with Crippen molar-refractivity contribution in [2.45, 2.75) is 40.2 Å². The Hall–Kier alpha value is -2.25. The highest BCUT2D eigenvalue weighted by Gasteiger charge is 2.23. The van der Waals surface area contributed by atoms with Crippen LogP contribution < -0.4 is 10.9 Å². The van der Waals surface area contributed by atoms with E-state index in [2.05, 4.69) is 20.7 Å². The lowest BCUT2D eigenvalue weighted by Crippen LogP contribution is -2.34. The lowest BCUT2D eigenvalue weighted by Gasteiger charge is -2.17. The van der Waals surface area contributed by atoms with Crippen molar-refractivity contribution in [2.75, 3.05) is 0 Å². The van der Waals surface area contributed by atoms with Crippen molar-refractivity contribution in [3.8, 4) is 0 Å². The maximum Gasteiger partial charge on any atom is 0.261 e. The third kappa shape index (κ3) is 3.94. The molecule has 1 atom stereocenters. The highest BCUT2D eigenvalue weighted by atomic mass is 32.1. The average Bonchev–Trinajstić information content (AvgIpc) is 3.16. The van der Waals surface area contributed by atoms with Crippen molar-refractivity contribution in [3.63, 3.8) is 0 Å². The lowest BCUT2D eigenvalue weighted by atomic mass is 10.1. The van der Waals surface area contributed by atoms with Gasteiger partial charge in [-0.1, -0.05) is 0 Å². The zero-order chi connectivity index (χ0) is 18.8.